The van der Waals surface area contributed by atoms with Crippen molar-refractivity contribution in [3.8, 4) is 5.75 Å². The van der Waals surface area contributed by atoms with Crippen molar-refractivity contribution in [2.24, 2.45) is 0 Å². The van der Waals surface area contributed by atoms with Crippen LogP contribution in [0.4, 0.5) is 22.0 Å². The molecular weight excluding hydrogens is 231 g/mol. The summed E-state index contributed by atoms with van der Waals surface area (Å²) in [5.74, 6) is -3.82. The molecule has 0 heterocycles. The fourth-order valence-corrected chi connectivity index (χ4v) is 0.858. The van der Waals surface area contributed by atoms with E-state index in [1.165, 1.54) is 0 Å². The summed E-state index contributed by atoms with van der Waals surface area (Å²) < 4.78 is 63.3. The van der Waals surface area contributed by atoms with Crippen molar-refractivity contribution in [2.45, 2.75) is 6.36 Å². The van der Waals surface area contributed by atoms with E-state index in [2.05, 4.69) is 4.74 Å². The maximum absolute atomic E-state index is 12.7. The molecule has 1 nitrogen and oxygen atoms in total. The maximum atomic E-state index is 12.7. The highest BCUT2D eigenvalue weighted by Crippen LogP contribution is 2.29. The predicted molar refractivity (Wildman–Crippen MR) is 38.1 cm³/mol. The van der Waals surface area contributed by atoms with E-state index in [0.29, 0.717) is 6.07 Å². The quantitative estimate of drug-likeness (QED) is 0.532. The SMILES string of the molecule is Fc1cc(OC(F)(F)F)c(F)cc1Cl. The fraction of sp³-hybridized carbons (Fsp3) is 0.143. The Balaban J connectivity index is 3.04. The van der Waals surface area contributed by atoms with Gasteiger partial charge in [-0.3, -0.25) is 0 Å². The van der Waals surface area contributed by atoms with E-state index >= 15 is 0 Å². The van der Waals surface area contributed by atoms with Crippen molar-refractivity contribution < 1.29 is 26.7 Å². The Morgan fingerprint density at radius 2 is 1.64 bits per heavy atom. The zero-order chi connectivity index (χ0) is 10.9. The molecule has 1 aromatic rings. The molecule has 0 saturated heterocycles. The van der Waals surface area contributed by atoms with Gasteiger partial charge in [-0.1, -0.05) is 11.6 Å². The van der Waals surface area contributed by atoms with Crippen LogP contribution in [0.2, 0.25) is 5.02 Å². The molecule has 78 valence electrons. The molecular formula is C7H2ClF5O. The van der Waals surface area contributed by atoms with Crippen molar-refractivity contribution in [3.63, 3.8) is 0 Å². The first-order chi connectivity index (χ1) is 6.29. The van der Waals surface area contributed by atoms with Gasteiger partial charge in [0, 0.05) is 6.07 Å². The molecule has 0 unspecified atom stereocenters. The second-order valence-corrected chi connectivity index (χ2v) is 2.65. The van der Waals surface area contributed by atoms with Crippen molar-refractivity contribution in [2.75, 3.05) is 0 Å². The molecule has 0 aliphatic carbocycles. The van der Waals surface area contributed by atoms with Gasteiger partial charge in [-0.15, -0.1) is 13.2 Å². The fourth-order valence-electron chi connectivity index (χ4n) is 0.707. The Kier molecular flexibility index (Phi) is 2.84. The minimum absolute atomic E-state index is 0.227. The van der Waals surface area contributed by atoms with Crippen LogP contribution in [-0.2, 0) is 0 Å². The minimum atomic E-state index is -5.07. The van der Waals surface area contributed by atoms with Crippen LogP contribution in [0.25, 0.3) is 0 Å². The number of hydrogen-bond acceptors (Lipinski definition) is 1. The molecule has 0 atom stereocenters. The van der Waals surface area contributed by atoms with Crippen LogP contribution in [-0.4, -0.2) is 6.36 Å². The van der Waals surface area contributed by atoms with E-state index in [1.54, 1.807) is 0 Å². The molecule has 0 fully saturated rings. The van der Waals surface area contributed by atoms with Gasteiger partial charge in [0.15, 0.2) is 11.6 Å². The lowest BCUT2D eigenvalue weighted by Gasteiger charge is -2.09. The summed E-state index contributed by atoms with van der Waals surface area (Å²) in [6, 6.07) is 0.628. The highest BCUT2D eigenvalue weighted by Gasteiger charge is 2.32. The number of ether oxygens (including phenoxy) is 1. The van der Waals surface area contributed by atoms with Crippen LogP contribution in [0.3, 0.4) is 0 Å². The van der Waals surface area contributed by atoms with E-state index in [0.717, 1.165) is 0 Å². The molecule has 0 aliphatic rings. The molecule has 1 rings (SSSR count). The molecule has 0 bridgehead atoms. The third-order valence-electron chi connectivity index (χ3n) is 1.20. The molecule has 14 heavy (non-hydrogen) atoms. The van der Waals surface area contributed by atoms with Crippen LogP contribution in [0.15, 0.2) is 12.1 Å². The van der Waals surface area contributed by atoms with E-state index in [9.17, 15) is 22.0 Å². The van der Waals surface area contributed by atoms with Crippen LogP contribution in [0, 0.1) is 11.6 Å². The molecule has 0 amide bonds. The second-order valence-electron chi connectivity index (χ2n) is 2.24. The Morgan fingerprint density at radius 3 is 2.14 bits per heavy atom. The Bertz CT molecular complexity index is 349. The van der Waals surface area contributed by atoms with Crippen LogP contribution in [0.5, 0.6) is 5.75 Å². The van der Waals surface area contributed by atoms with Gasteiger partial charge in [-0.2, -0.15) is 0 Å². The Labute approximate surface area is 80.0 Å². The lowest BCUT2D eigenvalue weighted by molar-refractivity contribution is -0.275. The Morgan fingerprint density at radius 1 is 1.07 bits per heavy atom. The monoisotopic (exact) mass is 232 g/mol. The Hall–Kier alpha value is -1.04. The zero-order valence-corrected chi connectivity index (χ0v) is 7.09. The van der Waals surface area contributed by atoms with Gasteiger partial charge in [0.25, 0.3) is 0 Å². The lowest BCUT2D eigenvalue weighted by atomic mass is 10.3. The van der Waals surface area contributed by atoms with Gasteiger partial charge in [0.2, 0.25) is 0 Å². The summed E-state index contributed by atoms with van der Waals surface area (Å²) in [4.78, 5) is 0. The highest BCUT2D eigenvalue weighted by molar-refractivity contribution is 6.30. The minimum Gasteiger partial charge on any atom is -0.403 e. The molecule has 1 aromatic carbocycles. The van der Waals surface area contributed by atoms with Crippen molar-refractivity contribution in [1.29, 1.82) is 0 Å². The summed E-state index contributed by atoms with van der Waals surface area (Å²) in [7, 11) is 0. The zero-order valence-electron chi connectivity index (χ0n) is 6.33. The summed E-state index contributed by atoms with van der Waals surface area (Å²) in [6.07, 6.45) is -5.07. The van der Waals surface area contributed by atoms with Gasteiger partial charge in [-0.05, 0) is 6.07 Å². The smallest absolute Gasteiger partial charge is 0.403 e. The normalized spacial score (nSPS) is 11.6. The summed E-state index contributed by atoms with van der Waals surface area (Å²) in [5.41, 5.74) is 0. The molecule has 0 saturated carbocycles. The van der Waals surface area contributed by atoms with Gasteiger partial charge < -0.3 is 4.74 Å². The first-order valence-corrected chi connectivity index (χ1v) is 3.57. The van der Waals surface area contributed by atoms with Gasteiger partial charge in [0.05, 0.1) is 5.02 Å². The predicted octanol–water partition coefficient (Wildman–Crippen LogP) is 3.52. The first kappa shape index (κ1) is 11.0. The first-order valence-electron chi connectivity index (χ1n) is 3.20. The van der Waals surface area contributed by atoms with Crippen molar-refractivity contribution >= 4 is 11.6 Å². The van der Waals surface area contributed by atoms with Crippen LogP contribution in [0.1, 0.15) is 0 Å². The molecule has 0 spiro atoms. The standard InChI is InChI=1S/C7H2ClF5O/c8-3-1-5(10)6(2-4(3)9)14-7(11,12)13/h1-2H. The third kappa shape index (κ3) is 2.73. The number of halogens is 6. The third-order valence-corrected chi connectivity index (χ3v) is 1.49. The average Bonchev–Trinajstić information content (AvgIpc) is 1.97. The maximum Gasteiger partial charge on any atom is 0.573 e. The molecule has 0 aromatic heterocycles. The summed E-state index contributed by atoms with van der Waals surface area (Å²) in [5, 5.41) is -0.614. The van der Waals surface area contributed by atoms with Gasteiger partial charge >= 0.3 is 6.36 Å². The molecule has 7 heteroatoms. The second kappa shape index (κ2) is 3.61. The van der Waals surface area contributed by atoms with E-state index in [1.807, 2.05) is 0 Å². The number of rotatable bonds is 1. The highest BCUT2D eigenvalue weighted by atomic mass is 35.5. The van der Waals surface area contributed by atoms with E-state index in [-0.39, 0.29) is 6.07 Å². The number of hydrogen-bond donors (Lipinski definition) is 0. The van der Waals surface area contributed by atoms with E-state index in [4.69, 9.17) is 11.6 Å². The summed E-state index contributed by atoms with van der Waals surface area (Å²) >= 11 is 5.11. The van der Waals surface area contributed by atoms with Gasteiger partial charge in [-0.25, -0.2) is 8.78 Å². The van der Waals surface area contributed by atoms with Crippen LogP contribution >= 0.6 is 11.6 Å². The largest absolute Gasteiger partial charge is 0.573 e. The van der Waals surface area contributed by atoms with Gasteiger partial charge in [0.1, 0.15) is 5.82 Å². The topological polar surface area (TPSA) is 9.23 Å². The van der Waals surface area contributed by atoms with E-state index < -0.39 is 28.8 Å². The summed E-state index contributed by atoms with van der Waals surface area (Å²) in [6.45, 7) is 0. The lowest BCUT2D eigenvalue weighted by Crippen LogP contribution is -2.18. The van der Waals surface area contributed by atoms with Crippen molar-refractivity contribution in [1.82, 2.24) is 0 Å². The van der Waals surface area contributed by atoms with Crippen molar-refractivity contribution in [3.05, 3.63) is 28.8 Å². The van der Waals surface area contributed by atoms with Crippen LogP contribution < -0.4 is 4.74 Å². The average molecular weight is 233 g/mol. The molecule has 0 N–H and O–H groups in total. The molecule has 0 aliphatic heterocycles. The number of alkyl halides is 3. The molecule has 0 radical (unpaired) electrons. The number of benzene rings is 1.